The molecule has 0 saturated carbocycles. The van der Waals surface area contributed by atoms with Crippen LogP contribution in [0.1, 0.15) is 0 Å². The summed E-state index contributed by atoms with van der Waals surface area (Å²) in [6.45, 7) is 4.01. The lowest BCUT2D eigenvalue weighted by Gasteiger charge is -1.68. The predicted molar refractivity (Wildman–Crippen MR) is 28.8 cm³/mol. The third-order valence-corrected chi connectivity index (χ3v) is 0.488. The van der Waals surface area contributed by atoms with Crippen molar-refractivity contribution < 1.29 is 0 Å². The zero-order valence-corrected chi connectivity index (χ0v) is 4.85. The normalized spacial score (nSPS) is 9.50. The monoisotopic (exact) mass is 148 g/mol. The highest BCUT2D eigenvalue weighted by atomic mass is 79.9. The summed E-state index contributed by atoms with van der Waals surface area (Å²) in [7, 11) is 0. The molecule has 0 fully saturated rings. The number of rotatable bonds is 2. The van der Waals surface area contributed by atoms with Crippen LogP contribution in [0.3, 0.4) is 0 Å². The lowest BCUT2D eigenvalue weighted by Crippen LogP contribution is -1.59. The minimum absolute atomic E-state index is 0.589. The summed E-state index contributed by atoms with van der Waals surface area (Å²) < 4.78 is 3.29. The van der Waals surface area contributed by atoms with Crippen LogP contribution in [0.2, 0.25) is 0 Å². The molecule has 34 valence electrons. The highest BCUT2D eigenvalue weighted by molar-refractivity contribution is 9.08. The molecule has 0 N–H and O–H groups in total. The summed E-state index contributed by atoms with van der Waals surface area (Å²) in [6, 6.07) is 0. The summed E-state index contributed by atoms with van der Waals surface area (Å²) in [5, 5.41) is 3.51. The Morgan fingerprint density at radius 1 is 1.83 bits per heavy atom. The Kier molecular flexibility index (Phi) is 4.68. The highest BCUT2D eigenvalue weighted by Crippen LogP contribution is 1.81. The number of nitrogens with zero attached hydrogens (tertiary/aromatic N) is 2. The van der Waals surface area contributed by atoms with E-state index in [4.69, 9.17) is 0 Å². The first kappa shape index (κ1) is 5.82. The fraction of sp³-hybridized carbons (Fsp3) is 0.333. The second kappa shape index (κ2) is 4.82. The quantitative estimate of drug-likeness (QED) is 0.423. The van der Waals surface area contributed by atoms with Gasteiger partial charge in [-0.2, -0.15) is 5.11 Å². The van der Waals surface area contributed by atoms with Crippen LogP contribution in [0, 0.1) is 0 Å². The van der Waals surface area contributed by atoms with Crippen molar-refractivity contribution in [1.29, 1.82) is 0 Å². The maximum Gasteiger partial charge on any atom is 0.0997 e. The van der Waals surface area contributed by atoms with E-state index >= 15 is 0 Å². The van der Waals surface area contributed by atoms with Crippen molar-refractivity contribution in [2.75, 3.05) is 6.54 Å². The summed E-state index contributed by atoms with van der Waals surface area (Å²) in [5.74, 6) is 0. The van der Waals surface area contributed by atoms with Crippen LogP contribution in [0.15, 0.2) is 21.9 Å². The van der Waals surface area contributed by atoms with Gasteiger partial charge in [0, 0.05) is 0 Å². The topological polar surface area (TPSA) is 24.7 Å². The average molecular weight is 149 g/mol. The van der Waals surface area contributed by atoms with E-state index < -0.39 is 0 Å². The fourth-order valence-electron chi connectivity index (χ4n) is 0.0886. The van der Waals surface area contributed by atoms with Gasteiger partial charge in [0.2, 0.25) is 0 Å². The van der Waals surface area contributed by atoms with Gasteiger partial charge in [-0.1, -0.05) is 6.08 Å². The van der Waals surface area contributed by atoms with Crippen molar-refractivity contribution in [2.45, 2.75) is 0 Å². The molecule has 0 aliphatic carbocycles. The summed E-state index contributed by atoms with van der Waals surface area (Å²) in [5.41, 5.74) is 0. The van der Waals surface area contributed by atoms with Crippen LogP contribution >= 0.6 is 16.1 Å². The SMILES string of the molecule is C=CCN=NBr. The van der Waals surface area contributed by atoms with Crippen LogP contribution in [-0.2, 0) is 0 Å². The zero-order valence-electron chi connectivity index (χ0n) is 3.26. The lowest BCUT2D eigenvalue weighted by molar-refractivity contribution is 1.14. The average Bonchev–Trinajstić information content (AvgIpc) is 1.61. The first-order valence-corrected chi connectivity index (χ1v) is 2.21. The first-order chi connectivity index (χ1) is 2.91. The minimum Gasteiger partial charge on any atom is -0.178 e. The van der Waals surface area contributed by atoms with E-state index in [2.05, 4.69) is 32.0 Å². The summed E-state index contributed by atoms with van der Waals surface area (Å²) >= 11 is 2.76. The van der Waals surface area contributed by atoms with Crippen LogP contribution < -0.4 is 0 Å². The summed E-state index contributed by atoms with van der Waals surface area (Å²) in [4.78, 5) is 0. The Morgan fingerprint density at radius 3 is 2.67 bits per heavy atom. The molecule has 0 aliphatic heterocycles. The third kappa shape index (κ3) is 3.82. The molecule has 0 aromatic heterocycles. The van der Waals surface area contributed by atoms with Crippen molar-refractivity contribution in [3.8, 4) is 0 Å². The molecule has 2 nitrogen and oxygen atoms in total. The minimum atomic E-state index is 0.589. The van der Waals surface area contributed by atoms with Gasteiger partial charge in [-0.3, -0.25) is 0 Å². The highest BCUT2D eigenvalue weighted by Gasteiger charge is 1.59. The molecule has 0 atom stereocenters. The number of hydrogen-bond donors (Lipinski definition) is 0. The largest absolute Gasteiger partial charge is 0.178 e. The Bertz CT molecular complexity index is 59.8. The Labute approximate surface area is 45.3 Å². The Morgan fingerprint density at radius 2 is 2.50 bits per heavy atom. The maximum atomic E-state index is 3.51. The number of halogens is 1. The van der Waals surface area contributed by atoms with Gasteiger partial charge in [0.15, 0.2) is 0 Å². The molecule has 6 heavy (non-hydrogen) atoms. The standard InChI is InChI=1S/C3H5BrN2/c1-2-3-5-6-4/h2H,1,3H2. The van der Waals surface area contributed by atoms with E-state index in [1.165, 1.54) is 0 Å². The fourth-order valence-corrected chi connectivity index (χ4v) is 0.218. The molecule has 0 unspecified atom stereocenters. The van der Waals surface area contributed by atoms with E-state index in [0.717, 1.165) is 0 Å². The summed E-state index contributed by atoms with van der Waals surface area (Å²) in [6.07, 6.45) is 1.67. The second-order valence-electron chi connectivity index (χ2n) is 0.688. The van der Waals surface area contributed by atoms with E-state index in [9.17, 15) is 0 Å². The number of hydrogen-bond acceptors (Lipinski definition) is 2. The van der Waals surface area contributed by atoms with E-state index in [0.29, 0.717) is 6.54 Å². The van der Waals surface area contributed by atoms with Gasteiger partial charge in [0.25, 0.3) is 0 Å². The van der Waals surface area contributed by atoms with Crippen LogP contribution in [-0.4, -0.2) is 6.54 Å². The molecule has 0 spiro atoms. The second-order valence-corrected chi connectivity index (χ2v) is 1.01. The van der Waals surface area contributed by atoms with Crippen molar-refractivity contribution in [3.63, 3.8) is 0 Å². The molecule has 0 rings (SSSR count). The first-order valence-electron chi connectivity index (χ1n) is 1.50. The van der Waals surface area contributed by atoms with Gasteiger partial charge in [0.1, 0.15) is 0 Å². The lowest BCUT2D eigenvalue weighted by atomic mass is 10.7. The smallest absolute Gasteiger partial charge is 0.0997 e. The predicted octanol–water partition coefficient (Wildman–Crippen LogP) is 1.93. The van der Waals surface area contributed by atoms with Gasteiger partial charge < -0.3 is 0 Å². The molecule has 0 saturated heterocycles. The molecule has 0 amide bonds. The Balaban J connectivity index is 2.85. The third-order valence-electron chi connectivity index (χ3n) is 0.264. The van der Waals surface area contributed by atoms with E-state index in [1.54, 1.807) is 6.08 Å². The molecule has 0 bridgehead atoms. The van der Waals surface area contributed by atoms with Crippen molar-refractivity contribution >= 4 is 16.1 Å². The van der Waals surface area contributed by atoms with Crippen molar-refractivity contribution in [1.82, 2.24) is 0 Å². The molecule has 0 radical (unpaired) electrons. The molecule has 0 aliphatic rings. The molecule has 0 aromatic carbocycles. The molecular weight excluding hydrogens is 144 g/mol. The maximum absolute atomic E-state index is 3.51. The van der Waals surface area contributed by atoms with E-state index in [1.807, 2.05) is 0 Å². The van der Waals surface area contributed by atoms with Gasteiger partial charge in [-0.05, 0) is 0 Å². The molecule has 0 heterocycles. The van der Waals surface area contributed by atoms with E-state index in [-0.39, 0.29) is 0 Å². The van der Waals surface area contributed by atoms with Crippen LogP contribution in [0.25, 0.3) is 0 Å². The molecular formula is C3H5BrN2. The Hall–Kier alpha value is -0.180. The van der Waals surface area contributed by atoms with Crippen molar-refractivity contribution in [3.05, 3.63) is 12.7 Å². The molecule has 0 aromatic rings. The van der Waals surface area contributed by atoms with Crippen LogP contribution in [0.4, 0.5) is 0 Å². The van der Waals surface area contributed by atoms with Crippen LogP contribution in [0.5, 0.6) is 0 Å². The van der Waals surface area contributed by atoms with Gasteiger partial charge >= 0.3 is 0 Å². The van der Waals surface area contributed by atoms with Gasteiger partial charge in [0.05, 0.1) is 22.7 Å². The van der Waals surface area contributed by atoms with Gasteiger partial charge in [-0.25, -0.2) is 0 Å². The molecule has 3 heteroatoms. The van der Waals surface area contributed by atoms with Gasteiger partial charge in [-0.15, -0.1) is 10.7 Å². The van der Waals surface area contributed by atoms with Crippen molar-refractivity contribution in [2.24, 2.45) is 9.25 Å². The zero-order chi connectivity index (χ0) is 4.83.